The van der Waals surface area contributed by atoms with Gasteiger partial charge in [-0.15, -0.1) is 0 Å². The highest BCUT2D eigenvalue weighted by atomic mass is 16.5. The maximum absolute atomic E-state index is 13.3. The Kier molecular flexibility index (Phi) is 5.28. The van der Waals surface area contributed by atoms with Crippen LogP contribution in [0.1, 0.15) is 41.3 Å². The van der Waals surface area contributed by atoms with Crippen molar-refractivity contribution in [1.29, 1.82) is 0 Å². The van der Waals surface area contributed by atoms with Gasteiger partial charge in [0.15, 0.2) is 0 Å². The summed E-state index contributed by atoms with van der Waals surface area (Å²) in [6.45, 7) is 1.50. The Bertz CT molecular complexity index is 1320. The summed E-state index contributed by atoms with van der Waals surface area (Å²) in [5.41, 5.74) is 2.73. The fourth-order valence-corrected chi connectivity index (χ4v) is 5.07. The van der Waals surface area contributed by atoms with Crippen molar-refractivity contribution in [1.82, 2.24) is 4.90 Å². The lowest BCUT2D eigenvalue weighted by Crippen LogP contribution is -2.40. The van der Waals surface area contributed by atoms with Gasteiger partial charge in [0.1, 0.15) is 23.0 Å². The second kappa shape index (κ2) is 8.30. The van der Waals surface area contributed by atoms with Crippen LogP contribution in [0.4, 0.5) is 0 Å². The molecule has 172 valence electrons. The van der Waals surface area contributed by atoms with Crippen LogP contribution in [0, 0.1) is 0 Å². The summed E-state index contributed by atoms with van der Waals surface area (Å²) in [5, 5.41) is 23.8. The van der Waals surface area contributed by atoms with Crippen molar-refractivity contribution in [2.24, 2.45) is 0 Å². The number of methoxy groups -OCH3 is 2. The number of benzene rings is 4. The van der Waals surface area contributed by atoms with Crippen LogP contribution in [0.2, 0.25) is 0 Å². The van der Waals surface area contributed by atoms with E-state index in [9.17, 15) is 15.0 Å². The van der Waals surface area contributed by atoms with Gasteiger partial charge in [-0.25, -0.2) is 0 Å². The number of aromatic hydroxyl groups is 2. The molecule has 4 aromatic carbocycles. The number of hydrogen-bond donors (Lipinski definition) is 2. The number of carbonyl (C=O) groups excluding carboxylic acids is 1. The molecule has 0 spiro atoms. The summed E-state index contributed by atoms with van der Waals surface area (Å²) >= 11 is 0. The Morgan fingerprint density at radius 2 is 1.24 bits per heavy atom. The van der Waals surface area contributed by atoms with Gasteiger partial charge in [0, 0.05) is 23.4 Å². The van der Waals surface area contributed by atoms with Crippen LogP contribution < -0.4 is 9.47 Å². The lowest BCUT2D eigenvalue weighted by molar-refractivity contribution is -0.132. The first-order valence-corrected chi connectivity index (χ1v) is 11.0. The Balaban J connectivity index is 1.91. The molecular weight excluding hydrogens is 430 g/mol. The van der Waals surface area contributed by atoms with Crippen LogP contribution in [0.3, 0.4) is 0 Å². The third-order valence-corrected chi connectivity index (χ3v) is 6.51. The van der Waals surface area contributed by atoms with Crippen LogP contribution in [-0.4, -0.2) is 35.2 Å². The van der Waals surface area contributed by atoms with Gasteiger partial charge < -0.3 is 24.6 Å². The molecule has 0 fully saturated rings. The normalized spacial score (nSPS) is 17.0. The third kappa shape index (κ3) is 3.30. The Hall–Kier alpha value is -4.19. The average molecular weight is 456 g/mol. The minimum Gasteiger partial charge on any atom is -0.508 e. The van der Waals surface area contributed by atoms with Gasteiger partial charge in [-0.2, -0.15) is 0 Å². The molecule has 0 saturated heterocycles. The van der Waals surface area contributed by atoms with Crippen LogP contribution in [-0.2, 0) is 4.79 Å². The van der Waals surface area contributed by atoms with E-state index >= 15 is 0 Å². The molecule has 2 unspecified atom stereocenters. The standard InChI is InChI=1S/C28H25NO5/c1-16(30)29-27(18-6-4-8-20(14-18)33-2)25-22(31)12-10-17-11-13-23(32)26(24(17)25)28(29)19-7-5-9-21(15-19)34-3/h4-15,27-28,31-32H,1-3H3. The second-order valence-electron chi connectivity index (χ2n) is 8.38. The van der Waals surface area contributed by atoms with Crippen LogP contribution in [0.25, 0.3) is 10.8 Å². The van der Waals surface area contributed by atoms with E-state index in [4.69, 9.17) is 9.47 Å². The largest absolute Gasteiger partial charge is 0.508 e. The van der Waals surface area contributed by atoms with Crippen molar-refractivity contribution >= 4 is 16.7 Å². The number of hydrogen-bond acceptors (Lipinski definition) is 5. The third-order valence-electron chi connectivity index (χ3n) is 6.51. The van der Waals surface area contributed by atoms with Gasteiger partial charge in [0.05, 0.1) is 26.3 Å². The molecule has 1 amide bonds. The summed E-state index contributed by atoms with van der Waals surface area (Å²) < 4.78 is 10.9. The van der Waals surface area contributed by atoms with E-state index in [1.54, 1.807) is 31.3 Å². The first-order valence-electron chi connectivity index (χ1n) is 11.0. The number of phenols is 2. The molecule has 0 aromatic heterocycles. The molecule has 4 aromatic rings. The van der Waals surface area contributed by atoms with E-state index in [2.05, 4.69) is 0 Å². The monoisotopic (exact) mass is 455 g/mol. The molecule has 5 rings (SSSR count). The molecule has 1 heterocycles. The minimum atomic E-state index is -0.609. The molecule has 0 bridgehead atoms. The predicted molar refractivity (Wildman–Crippen MR) is 129 cm³/mol. The second-order valence-corrected chi connectivity index (χ2v) is 8.38. The number of phenolic OH excluding ortho intramolecular Hbond substituents is 2. The number of nitrogens with zero attached hydrogens (tertiary/aromatic N) is 1. The first-order chi connectivity index (χ1) is 16.4. The molecule has 2 atom stereocenters. The fraction of sp³-hybridized carbons (Fsp3) is 0.179. The highest BCUT2D eigenvalue weighted by Crippen LogP contribution is 2.53. The molecular formula is C28H25NO5. The van der Waals surface area contributed by atoms with Crippen LogP contribution in [0.5, 0.6) is 23.0 Å². The van der Waals surface area contributed by atoms with Crippen LogP contribution >= 0.6 is 0 Å². The van der Waals surface area contributed by atoms with Gasteiger partial charge in [-0.3, -0.25) is 4.79 Å². The number of ether oxygens (including phenoxy) is 2. The van der Waals surface area contributed by atoms with Crippen molar-refractivity contribution in [2.45, 2.75) is 19.0 Å². The molecule has 34 heavy (non-hydrogen) atoms. The zero-order valence-electron chi connectivity index (χ0n) is 19.1. The summed E-state index contributed by atoms with van der Waals surface area (Å²) in [5.74, 6) is 1.20. The molecule has 0 saturated carbocycles. The van der Waals surface area contributed by atoms with E-state index in [0.29, 0.717) is 22.6 Å². The van der Waals surface area contributed by atoms with Gasteiger partial charge in [0.25, 0.3) is 0 Å². The van der Waals surface area contributed by atoms with E-state index < -0.39 is 12.1 Å². The predicted octanol–water partition coefficient (Wildman–Crippen LogP) is 5.31. The summed E-state index contributed by atoms with van der Waals surface area (Å²) in [7, 11) is 3.18. The van der Waals surface area contributed by atoms with E-state index in [1.807, 2.05) is 60.7 Å². The Morgan fingerprint density at radius 3 is 1.65 bits per heavy atom. The highest BCUT2D eigenvalue weighted by Gasteiger charge is 2.42. The summed E-state index contributed by atoms with van der Waals surface area (Å²) in [6.07, 6.45) is 0. The zero-order chi connectivity index (χ0) is 24.0. The molecule has 2 N–H and O–H groups in total. The Morgan fingerprint density at radius 1 is 0.765 bits per heavy atom. The molecule has 6 heteroatoms. The van der Waals surface area contributed by atoms with Crippen molar-refractivity contribution in [3.8, 4) is 23.0 Å². The van der Waals surface area contributed by atoms with E-state index in [-0.39, 0.29) is 17.4 Å². The summed E-state index contributed by atoms with van der Waals surface area (Å²) in [4.78, 5) is 15.0. The quantitative estimate of drug-likeness (QED) is 0.436. The van der Waals surface area contributed by atoms with Crippen LogP contribution in [0.15, 0.2) is 72.8 Å². The number of carbonyl (C=O) groups is 1. The van der Waals surface area contributed by atoms with Gasteiger partial charge in [-0.1, -0.05) is 36.4 Å². The van der Waals surface area contributed by atoms with Crippen molar-refractivity contribution in [2.75, 3.05) is 14.2 Å². The topological polar surface area (TPSA) is 79.2 Å². The SMILES string of the molecule is COc1cccc(C2c3c(O)ccc4ccc(O)c(c34)C(c3cccc(OC)c3)N2C(C)=O)c1. The highest BCUT2D eigenvalue weighted by molar-refractivity contribution is 5.96. The van der Waals surface area contributed by atoms with Gasteiger partial charge in [0.2, 0.25) is 5.91 Å². The molecule has 0 radical (unpaired) electrons. The zero-order valence-corrected chi connectivity index (χ0v) is 19.1. The molecule has 6 nitrogen and oxygen atoms in total. The maximum Gasteiger partial charge on any atom is 0.221 e. The first kappa shape index (κ1) is 21.6. The summed E-state index contributed by atoms with van der Waals surface area (Å²) in [6, 6.07) is 20.7. The number of rotatable bonds is 4. The lowest BCUT2D eigenvalue weighted by Gasteiger charge is -2.44. The lowest BCUT2D eigenvalue weighted by atomic mass is 9.79. The van der Waals surface area contributed by atoms with E-state index in [0.717, 1.165) is 21.9 Å². The van der Waals surface area contributed by atoms with Gasteiger partial charge in [-0.05, 0) is 52.9 Å². The number of amides is 1. The smallest absolute Gasteiger partial charge is 0.221 e. The van der Waals surface area contributed by atoms with Gasteiger partial charge >= 0.3 is 0 Å². The fourth-order valence-electron chi connectivity index (χ4n) is 5.07. The van der Waals surface area contributed by atoms with Crippen molar-refractivity contribution in [3.05, 3.63) is 95.1 Å². The molecule has 0 aliphatic carbocycles. The maximum atomic E-state index is 13.3. The van der Waals surface area contributed by atoms with E-state index in [1.165, 1.54) is 6.92 Å². The van der Waals surface area contributed by atoms with Crippen molar-refractivity contribution in [3.63, 3.8) is 0 Å². The van der Waals surface area contributed by atoms with Crippen molar-refractivity contribution < 1.29 is 24.5 Å². The average Bonchev–Trinajstić information content (AvgIpc) is 2.86. The Labute approximate surface area is 197 Å². The molecule has 1 aliphatic rings. The molecule has 1 aliphatic heterocycles. The minimum absolute atomic E-state index is 0.0579.